The van der Waals surface area contributed by atoms with Gasteiger partial charge in [0.25, 0.3) is 0 Å². The van der Waals surface area contributed by atoms with Crippen LogP contribution in [0.15, 0.2) is 36.4 Å². The molecule has 1 aliphatic heterocycles. The second-order valence-electron chi connectivity index (χ2n) is 6.89. The van der Waals surface area contributed by atoms with Gasteiger partial charge in [0.15, 0.2) is 0 Å². The minimum Gasteiger partial charge on any atom is -0.444 e. The van der Waals surface area contributed by atoms with Crippen LogP contribution in [-0.2, 0) is 9.53 Å². The van der Waals surface area contributed by atoms with E-state index in [4.69, 9.17) is 4.74 Å². The second kappa shape index (κ2) is 7.44. The Morgan fingerprint density at radius 3 is 2.65 bits per heavy atom. The van der Waals surface area contributed by atoms with Gasteiger partial charge in [-0.1, -0.05) is 42.5 Å². The van der Waals surface area contributed by atoms with E-state index in [1.807, 2.05) is 63.3 Å². The Bertz CT molecular complexity index is 572. The number of carbonyl (C=O) groups excluding carboxylic acids is 2. The summed E-state index contributed by atoms with van der Waals surface area (Å²) in [7, 11) is 0. The van der Waals surface area contributed by atoms with E-state index in [0.29, 0.717) is 25.9 Å². The first-order valence-corrected chi connectivity index (χ1v) is 8.07. The fourth-order valence-corrected chi connectivity index (χ4v) is 2.54. The van der Waals surface area contributed by atoms with Crippen LogP contribution in [0.5, 0.6) is 0 Å². The third-order valence-electron chi connectivity index (χ3n) is 3.71. The number of benzene rings is 1. The summed E-state index contributed by atoms with van der Waals surface area (Å²) < 4.78 is 5.39. The SMILES string of the molecule is CC(C)(C)OC(=O)N1CCC(=O)C(C/C=C/c2ccccc2)C1. The molecular formula is C19H25NO3. The molecule has 1 fully saturated rings. The summed E-state index contributed by atoms with van der Waals surface area (Å²) in [6.45, 7) is 6.43. The largest absolute Gasteiger partial charge is 0.444 e. The maximum absolute atomic E-state index is 12.1. The minimum absolute atomic E-state index is 0.142. The zero-order chi connectivity index (χ0) is 16.9. The average molecular weight is 315 g/mol. The molecule has 0 radical (unpaired) electrons. The molecule has 1 aliphatic rings. The van der Waals surface area contributed by atoms with Crippen molar-refractivity contribution in [3.05, 3.63) is 42.0 Å². The molecule has 1 saturated heterocycles. The number of ketones is 1. The highest BCUT2D eigenvalue weighted by atomic mass is 16.6. The molecule has 1 amide bonds. The maximum Gasteiger partial charge on any atom is 0.410 e. The zero-order valence-electron chi connectivity index (χ0n) is 14.1. The van der Waals surface area contributed by atoms with Crippen LogP contribution < -0.4 is 0 Å². The van der Waals surface area contributed by atoms with Crippen LogP contribution >= 0.6 is 0 Å². The zero-order valence-corrected chi connectivity index (χ0v) is 14.1. The smallest absolute Gasteiger partial charge is 0.410 e. The van der Waals surface area contributed by atoms with Crippen LogP contribution in [0.1, 0.15) is 39.2 Å². The summed E-state index contributed by atoms with van der Waals surface area (Å²) in [6, 6.07) is 9.98. The first kappa shape index (κ1) is 17.3. The molecule has 124 valence electrons. The van der Waals surface area contributed by atoms with Crippen molar-refractivity contribution in [1.29, 1.82) is 0 Å². The van der Waals surface area contributed by atoms with E-state index in [2.05, 4.69) is 0 Å². The molecule has 4 nitrogen and oxygen atoms in total. The molecule has 0 aliphatic carbocycles. The highest BCUT2D eigenvalue weighted by Gasteiger charge is 2.31. The number of piperidine rings is 1. The van der Waals surface area contributed by atoms with Crippen molar-refractivity contribution in [3.63, 3.8) is 0 Å². The summed E-state index contributed by atoms with van der Waals surface area (Å²) in [4.78, 5) is 25.9. The van der Waals surface area contributed by atoms with Gasteiger partial charge in [-0.05, 0) is 32.8 Å². The van der Waals surface area contributed by atoms with Gasteiger partial charge in [-0.2, -0.15) is 0 Å². The van der Waals surface area contributed by atoms with Gasteiger partial charge in [-0.15, -0.1) is 0 Å². The maximum atomic E-state index is 12.1. The number of hydrogen-bond acceptors (Lipinski definition) is 3. The van der Waals surface area contributed by atoms with Gasteiger partial charge in [0.1, 0.15) is 11.4 Å². The predicted molar refractivity (Wildman–Crippen MR) is 91.0 cm³/mol. The molecule has 4 heteroatoms. The van der Waals surface area contributed by atoms with E-state index >= 15 is 0 Å². The quantitative estimate of drug-likeness (QED) is 0.849. The summed E-state index contributed by atoms with van der Waals surface area (Å²) in [5, 5.41) is 0. The van der Waals surface area contributed by atoms with Gasteiger partial charge in [-0.25, -0.2) is 4.79 Å². The summed E-state index contributed by atoms with van der Waals surface area (Å²) in [5.41, 5.74) is 0.598. The molecule has 0 N–H and O–H groups in total. The van der Waals surface area contributed by atoms with Crippen molar-refractivity contribution in [3.8, 4) is 0 Å². The van der Waals surface area contributed by atoms with Crippen LogP contribution in [0, 0.1) is 5.92 Å². The van der Waals surface area contributed by atoms with Crippen LogP contribution in [0.3, 0.4) is 0 Å². The Balaban J connectivity index is 1.92. The molecule has 0 saturated carbocycles. The molecule has 0 spiro atoms. The van der Waals surface area contributed by atoms with Gasteiger partial charge >= 0.3 is 6.09 Å². The number of amides is 1. The van der Waals surface area contributed by atoms with Crippen molar-refractivity contribution >= 4 is 18.0 Å². The predicted octanol–water partition coefficient (Wildman–Crippen LogP) is 3.92. The average Bonchev–Trinajstić information content (AvgIpc) is 2.48. The Morgan fingerprint density at radius 2 is 2.00 bits per heavy atom. The summed E-state index contributed by atoms with van der Waals surface area (Å²) >= 11 is 0. The Labute approximate surface area is 138 Å². The fourth-order valence-electron chi connectivity index (χ4n) is 2.54. The molecular weight excluding hydrogens is 290 g/mol. The fraction of sp³-hybridized carbons (Fsp3) is 0.474. The molecule has 23 heavy (non-hydrogen) atoms. The van der Waals surface area contributed by atoms with Gasteiger partial charge in [0.05, 0.1) is 0 Å². The standard InChI is InChI=1S/C19H25NO3/c1-19(2,3)23-18(22)20-13-12-17(21)16(14-20)11-7-10-15-8-5-4-6-9-15/h4-10,16H,11-14H2,1-3H3/b10-7+. The molecule has 0 aromatic heterocycles. The van der Waals surface area contributed by atoms with Crippen molar-refractivity contribution < 1.29 is 14.3 Å². The molecule has 1 aromatic rings. The van der Waals surface area contributed by atoms with Crippen LogP contribution in [0.4, 0.5) is 4.79 Å². The highest BCUT2D eigenvalue weighted by molar-refractivity contribution is 5.84. The lowest BCUT2D eigenvalue weighted by Gasteiger charge is -2.33. The third kappa shape index (κ3) is 5.55. The Kier molecular flexibility index (Phi) is 5.59. The monoisotopic (exact) mass is 315 g/mol. The number of Topliss-reactive ketones (excluding diaryl/α,β-unsaturated/α-hetero) is 1. The molecule has 1 heterocycles. The second-order valence-corrected chi connectivity index (χ2v) is 6.89. The number of rotatable bonds is 3. The number of allylic oxidation sites excluding steroid dienone is 1. The summed E-state index contributed by atoms with van der Waals surface area (Å²) in [6.07, 6.45) is 4.74. The third-order valence-corrected chi connectivity index (χ3v) is 3.71. The molecule has 1 unspecified atom stereocenters. The van der Waals surface area contributed by atoms with Gasteiger partial charge in [0, 0.05) is 25.4 Å². The molecule has 0 bridgehead atoms. The van der Waals surface area contributed by atoms with Crippen LogP contribution in [0.25, 0.3) is 6.08 Å². The van der Waals surface area contributed by atoms with E-state index < -0.39 is 5.60 Å². The Morgan fingerprint density at radius 1 is 1.30 bits per heavy atom. The van der Waals surface area contributed by atoms with Crippen LogP contribution in [-0.4, -0.2) is 35.5 Å². The van der Waals surface area contributed by atoms with Crippen molar-refractivity contribution in [2.24, 2.45) is 5.92 Å². The number of hydrogen-bond donors (Lipinski definition) is 0. The van der Waals surface area contributed by atoms with Gasteiger partial charge in [-0.3, -0.25) is 4.79 Å². The normalized spacial score (nSPS) is 19.2. The number of nitrogens with zero attached hydrogens (tertiary/aromatic N) is 1. The Hall–Kier alpha value is -2.10. The highest BCUT2D eigenvalue weighted by Crippen LogP contribution is 2.20. The molecule has 2 rings (SSSR count). The molecule has 1 atom stereocenters. The lowest BCUT2D eigenvalue weighted by molar-refractivity contribution is -0.125. The first-order chi connectivity index (χ1) is 10.8. The van der Waals surface area contributed by atoms with Crippen molar-refractivity contribution in [2.75, 3.05) is 13.1 Å². The first-order valence-electron chi connectivity index (χ1n) is 8.07. The molecule has 1 aromatic carbocycles. The summed E-state index contributed by atoms with van der Waals surface area (Å²) in [5.74, 6) is 0.0822. The number of likely N-dealkylation sites (tertiary alicyclic amines) is 1. The number of ether oxygens (including phenoxy) is 1. The van der Waals surface area contributed by atoms with E-state index in [1.54, 1.807) is 4.90 Å². The van der Waals surface area contributed by atoms with E-state index in [0.717, 1.165) is 5.56 Å². The van der Waals surface area contributed by atoms with Crippen LogP contribution in [0.2, 0.25) is 0 Å². The topological polar surface area (TPSA) is 46.6 Å². The lowest BCUT2D eigenvalue weighted by atomic mass is 9.93. The van der Waals surface area contributed by atoms with Gasteiger partial charge < -0.3 is 9.64 Å². The van der Waals surface area contributed by atoms with Crippen molar-refractivity contribution in [2.45, 2.75) is 39.2 Å². The van der Waals surface area contributed by atoms with Crippen molar-refractivity contribution in [1.82, 2.24) is 4.90 Å². The van der Waals surface area contributed by atoms with Gasteiger partial charge in [0.2, 0.25) is 0 Å². The van der Waals surface area contributed by atoms with E-state index in [1.165, 1.54) is 0 Å². The van der Waals surface area contributed by atoms with E-state index in [9.17, 15) is 9.59 Å². The number of carbonyl (C=O) groups is 2. The minimum atomic E-state index is -0.513. The lowest BCUT2D eigenvalue weighted by Crippen LogP contribution is -2.46. The van der Waals surface area contributed by atoms with E-state index in [-0.39, 0.29) is 17.8 Å².